The van der Waals surface area contributed by atoms with E-state index in [2.05, 4.69) is 30.7 Å². The van der Waals surface area contributed by atoms with Crippen molar-refractivity contribution in [3.05, 3.63) is 65.5 Å². The molecular formula is C34H54BrNO4. The van der Waals surface area contributed by atoms with E-state index in [1.165, 1.54) is 89.0 Å². The fourth-order valence-electron chi connectivity index (χ4n) is 4.81. The molecule has 2 rings (SSSR count). The first kappa shape index (κ1) is 36.3. The van der Waals surface area contributed by atoms with E-state index in [-0.39, 0.29) is 35.7 Å². The lowest BCUT2D eigenvalue weighted by Gasteiger charge is -2.16. The van der Waals surface area contributed by atoms with Crippen molar-refractivity contribution < 1.29 is 40.6 Å². The van der Waals surface area contributed by atoms with Crippen LogP contribution < -0.4 is 21.5 Å². The molecule has 0 radical (unpaired) electrons. The highest BCUT2D eigenvalue weighted by Crippen LogP contribution is 2.13. The summed E-state index contributed by atoms with van der Waals surface area (Å²) in [5.74, 6) is -0.333. The van der Waals surface area contributed by atoms with Gasteiger partial charge in [0.05, 0.1) is 12.2 Å². The first-order valence-corrected chi connectivity index (χ1v) is 15.4. The van der Waals surface area contributed by atoms with Gasteiger partial charge in [-0.1, -0.05) is 103 Å². The van der Waals surface area contributed by atoms with E-state index in [9.17, 15) is 4.79 Å². The number of aryl methyl sites for hydroxylation is 1. The van der Waals surface area contributed by atoms with Crippen LogP contribution in [-0.4, -0.2) is 39.0 Å². The van der Waals surface area contributed by atoms with Crippen LogP contribution in [0.25, 0.3) is 0 Å². The van der Waals surface area contributed by atoms with Gasteiger partial charge in [-0.2, -0.15) is 0 Å². The summed E-state index contributed by atoms with van der Waals surface area (Å²) in [7, 11) is 1.63. The quantitative estimate of drug-likeness (QED) is 0.0997. The number of rotatable bonds is 23. The molecular weight excluding hydrogens is 566 g/mol. The van der Waals surface area contributed by atoms with Gasteiger partial charge in [0, 0.05) is 30.9 Å². The van der Waals surface area contributed by atoms with Crippen LogP contribution in [0.3, 0.4) is 0 Å². The van der Waals surface area contributed by atoms with E-state index in [1.54, 1.807) is 13.2 Å². The molecule has 0 aliphatic carbocycles. The molecule has 2 aromatic rings. The van der Waals surface area contributed by atoms with Gasteiger partial charge in [-0.15, -0.1) is 0 Å². The van der Waals surface area contributed by atoms with Crippen molar-refractivity contribution in [3.8, 4) is 0 Å². The summed E-state index contributed by atoms with van der Waals surface area (Å²) in [5, 5.41) is 0. The number of aromatic nitrogens is 1. The number of carbonyl (C=O) groups excluding carboxylic acids is 1. The van der Waals surface area contributed by atoms with Gasteiger partial charge in [0.25, 0.3) is 0 Å². The normalized spacial score (nSPS) is 11.7. The molecule has 1 aromatic carbocycles. The molecule has 5 nitrogen and oxygen atoms in total. The summed E-state index contributed by atoms with van der Waals surface area (Å²) in [4.78, 5) is 12.6. The Morgan fingerprint density at radius 3 is 2.05 bits per heavy atom. The van der Waals surface area contributed by atoms with Crippen LogP contribution in [0.1, 0.15) is 118 Å². The summed E-state index contributed by atoms with van der Waals surface area (Å²) in [6, 6.07) is 11.7. The van der Waals surface area contributed by atoms with Gasteiger partial charge in [0.15, 0.2) is 18.9 Å². The van der Waals surface area contributed by atoms with E-state index in [4.69, 9.17) is 14.2 Å². The number of nitrogens with zero attached hydrogens (tertiary/aromatic N) is 1. The van der Waals surface area contributed by atoms with Crippen LogP contribution in [0.4, 0.5) is 0 Å². The molecule has 1 heterocycles. The summed E-state index contributed by atoms with van der Waals surface area (Å²) in [5.41, 5.74) is 2.81. The Morgan fingerprint density at radius 1 is 0.825 bits per heavy atom. The summed E-state index contributed by atoms with van der Waals surface area (Å²) in [6.07, 6.45) is 22.7. The maximum atomic E-state index is 12.6. The van der Waals surface area contributed by atoms with Gasteiger partial charge in [-0.3, -0.25) is 0 Å². The van der Waals surface area contributed by atoms with E-state index in [0.717, 1.165) is 18.6 Å². The van der Waals surface area contributed by atoms with Crippen LogP contribution in [0, 0.1) is 6.92 Å². The molecule has 40 heavy (non-hydrogen) atoms. The number of hydrogen-bond donors (Lipinski definition) is 0. The first-order valence-electron chi connectivity index (χ1n) is 15.4. The highest BCUT2D eigenvalue weighted by molar-refractivity contribution is 5.89. The number of benzene rings is 1. The highest BCUT2D eigenvalue weighted by Gasteiger charge is 2.14. The number of methoxy groups -OCH3 is 1. The third-order valence-corrected chi connectivity index (χ3v) is 7.21. The van der Waals surface area contributed by atoms with Crippen molar-refractivity contribution in [1.29, 1.82) is 0 Å². The minimum Gasteiger partial charge on any atom is -1.00 e. The summed E-state index contributed by atoms with van der Waals surface area (Å²) >= 11 is 0. The molecule has 0 fully saturated rings. The van der Waals surface area contributed by atoms with Crippen molar-refractivity contribution in [1.82, 2.24) is 0 Å². The van der Waals surface area contributed by atoms with Gasteiger partial charge in [0.2, 0.25) is 0 Å². The topological polar surface area (TPSA) is 48.6 Å². The van der Waals surface area contributed by atoms with Gasteiger partial charge in [0.1, 0.15) is 12.7 Å². The largest absolute Gasteiger partial charge is 1.00 e. The predicted octanol–water partition coefficient (Wildman–Crippen LogP) is 5.00. The second kappa shape index (κ2) is 23.9. The van der Waals surface area contributed by atoms with Crippen LogP contribution in [0.2, 0.25) is 0 Å². The summed E-state index contributed by atoms with van der Waals surface area (Å²) < 4.78 is 18.9. The number of carbonyl (C=O) groups is 1. The molecule has 1 atom stereocenters. The Labute approximate surface area is 254 Å². The zero-order valence-electron chi connectivity index (χ0n) is 25.4. The van der Waals surface area contributed by atoms with Gasteiger partial charge < -0.3 is 31.2 Å². The second-order valence-corrected chi connectivity index (χ2v) is 10.9. The molecule has 1 unspecified atom stereocenters. The van der Waals surface area contributed by atoms with E-state index in [0.29, 0.717) is 18.7 Å². The lowest BCUT2D eigenvalue weighted by atomic mass is 10.0. The van der Waals surface area contributed by atoms with Crippen molar-refractivity contribution >= 4 is 5.97 Å². The Kier molecular flexibility index (Phi) is 21.7. The second-order valence-electron chi connectivity index (χ2n) is 10.9. The molecule has 0 aliphatic rings. The fourth-order valence-corrected chi connectivity index (χ4v) is 4.81. The van der Waals surface area contributed by atoms with E-state index in [1.807, 2.05) is 30.5 Å². The Bertz CT molecular complexity index is 907. The minimum atomic E-state index is -0.333. The van der Waals surface area contributed by atoms with Crippen LogP contribution >= 0.6 is 0 Å². The van der Waals surface area contributed by atoms with Crippen LogP contribution in [0.5, 0.6) is 0 Å². The molecule has 226 valence electrons. The number of unbranched alkanes of at least 4 members (excludes halogenated alkanes) is 13. The monoisotopic (exact) mass is 619 g/mol. The van der Waals surface area contributed by atoms with Gasteiger partial charge in [-0.25, -0.2) is 9.36 Å². The minimum absolute atomic E-state index is 0. The van der Waals surface area contributed by atoms with E-state index >= 15 is 0 Å². The Hall–Kier alpha value is -1.76. The maximum Gasteiger partial charge on any atom is 0.338 e. The lowest BCUT2D eigenvalue weighted by molar-refractivity contribution is -0.688. The number of halogens is 1. The third-order valence-electron chi connectivity index (χ3n) is 7.21. The van der Waals surface area contributed by atoms with Crippen LogP contribution in [0.15, 0.2) is 48.8 Å². The molecule has 0 saturated carbocycles. The number of ether oxygens (including phenoxy) is 3. The Balaban J connectivity index is 0.00000800. The molecule has 6 heteroatoms. The predicted molar refractivity (Wildman–Crippen MR) is 159 cm³/mol. The Morgan fingerprint density at radius 2 is 1.45 bits per heavy atom. The zero-order chi connectivity index (χ0) is 28.0. The zero-order valence-corrected chi connectivity index (χ0v) is 27.0. The SMILES string of the molecule is CCCCCCCCCCCCCCCCOCC(COC(=O)c1cccc(C[n+]2cccc(C)c2)c1)OC.[Br-]. The highest BCUT2D eigenvalue weighted by atomic mass is 79.9. The standard InChI is InChI=1S/C34H54NO4.BrH/c1-4-5-6-7-8-9-10-11-12-13-14-15-16-17-24-38-28-33(37-3)29-39-34(36)32-22-18-21-31(25-32)27-35-23-19-20-30(2)26-35;/h18-23,25-26,33H,4-17,24,27-29H2,1-3H3;1H/q+1;/p-1. The van der Waals surface area contributed by atoms with Crippen molar-refractivity contribution in [2.45, 2.75) is 116 Å². The molecule has 1 aromatic heterocycles. The van der Waals surface area contributed by atoms with Crippen LogP contribution in [-0.2, 0) is 20.8 Å². The molecule has 0 N–H and O–H groups in total. The first-order chi connectivity index (χ1) is 19.1. The average Bonchev–Trinajstić information content (AvgIpc) is 2.94. The number of pyridine rings is 1. The smallest absolute Gasteiger partial charge is 0.338 e. The molecule has 0 bridgehead atoms. The maximum absolute atomic E-state index is 12.6. The molecule has 0 spiro atoms. The number of hydrogen-bond acceptors (Lipinski definition) is 4. The van der Waals surface area contributed by atoms with Gasteiger partial charge in [-0.05, 0) is 31.5 Å². The summed E-state index contributed by atoms with van der Waals surface area (Å²) in [6.45, 7) is 6.40. The average molecular weight is 621 g/mol. The molecule has 0 amide bonds. The van der Waals surface area contributed by atoms with Crippen molar-refractivity contribution in [2.75, 3.05) is 26.9 Å². The van der Waals surface area contributed by atoms with Crippen molar-refractivity contribution in [3.63, 3.8) is 0 Å². The molecule has 0 aliphatic heterocycles. The molecule has 0 saturated heterocycles. The fraction of sp³-hybridized carbons (Fsp3) is 0.647. The number of esters is 1. The van der Waals surface area contributed by atoms with Crippen molar-refractivity contribution in [2.24, 2.45) is 0 Å². The lowest BCUT2D eigenvalue weighted by Crippen LogP contribution is -3.00. The van der Waals surface area contributed by atoms with E-state index < -0.39 is 0 Å². The van der Waals surface area contributed by atoms with Gasteiger partial charge >= 0.3 is 5.97 Å². The third kappa shape index (κ3) is 17.1.